The van der Waals surface area contributed by atoms with Crippen molar-refractivity contribution in [3.05, 3.63) is 52.0 Å². The number of hydrogen-bond donors (Lipinski definition) is 2. The number of hydrogen-bond acceptors (Lipinski definition) is 4. The Morgan fingerprint density at radius 1 is 1.10 bits per heavy atom. The minimum absolute atomic E-state index is 0.207. The number of amides is 2. The fraction of sp³-hybridized carbons (Fsp3) is 0.238. The lowest BCUT2D eigenvalue weighted by molar-refractivity contribution is -0.114. The predicted molar refractivity (Wildman–Crippen MR) is 117 cm³/mol. The Morgan fingerprint density at radius 2 is 1.86 bits per heavy atom. The number of anilines is 2. The van der Waals surface area contributed by atoms with Crippen LogP contribution in [0.4, 0.5) is 11.4 Å². The fourth-order valence-corrected chi connectivity index (χ4v) is 2.93. The van der Waals surface area contributed by atoms with Crippen LogP contribution in [0.25, 0.3) is 6.08 Å². The zero-order valence-corrected chi connectivity index (χ0v) is 17.9. The lowest BCUT2D eigenvalue weighted by atomic mass is 10.2. The van der Waals surface area contributed by atoms with Crippen LogP contribution in [0.5, 0.6) is 11.5 Å². The van der Waals surface area contributed by atoms with E-state index in [2.05, 4.69) is 10.6 Å². The first-order valence-electron chi connectivity index (χ1n) is 8.90. The van der Waals surface area contributed by atoms with Crippen LogP contribution in [0.1, 0.15) is 25.8 Å². The monoisotopic (exact) mass is 436 g/mol. The Morgan fingerprint density at radius 3 is 2.48 bits per heavy atom. The highest BCUT2D eigenvalue weighted by Crippen LogP contribution is 2.37. The van der Waals surface area contributed by atoms with Gasteiger partial charge in [0.05, 0.1) is 29.4 Å². The topological polar surface area (TPSA) is 76.7 Å². The van der Waals surface area contributed by atoms with Gasteiger partial charge in [0.1, 0.15) is 0 Å². The van der Waals surface area contributed by atoms with Crippen LogP contribution < -0.4 is 20.1 Å². The lowest BCUT2D eigenvalue weighted by Crippen LogP contribution is -2.09. The molecule has 2 rings (SSSR count). The van der Waals surface area contributed by atoms with Crippen molar-refractivity contribution in [2.45, 2.75) is 20.3 Å². The second-order valence-electron chi connectivity index (χ2n) is 6.08. The molecule has 154 valence electrons. The molecule has 2 aromatic rings. The van der Waals surface area contributed by atoms with E-state index in [0.29, 0.717) is 45.1 Å². The molecule has 2 amide bonds. The van der Waals surface area contributed by atoms with Crippen LogP contribution in [0.15, 0.2) is 36.4 Å². The smallest absolute Gasteiger partial charge is 0.248 e. The number of ether oxygens (including phenoxy) is 2. The second kappa shape index (κ2) is 10.7. The Labute approximate surface area is 179 Å². The van der Waals surface area contributed by atoms with E-state index >= 15 is 0 Å². The van der Waals surface area contributed by atoms with Gasteiger partial charge in [-0.05, 0) is 48.4 Å². The quantitative estimate of drug-likeness (QED) is 0.542. The molecule has 6 nitrogen and oxygen atoms in total. The molecule has 2 N–H and O–H groups in total. The molecule has 0 spiro atoms. The third kappa shape index (κ3) is 6.69. The van der Waals surface area contributed by atoms with Gasteiger partial charge in [0, 0.05) is 18.7 Å². The first-order chi connectivity index (χ1) is 13.8. The van der Waals surface area contributed by atoms with Crippen molar-refractivity contribution < 1.29 is 19.1 Å². The van der Waals surface area contributed by atoms with Gasteiger partial charge in [0.15, 0.2) is 11.5 Å². The Hall–Kier alpha value is -2.70. The van der Waals surface area contributed by atoms with E-state index in [1.807, 2.05) is 6.92 Å². The number of halogens is 2. The van der Waals surface area contributed by atoms with Crippen molar-refractivity contribution >= 4 is 52.5 Å². The highest BCUT2D eigenvalue weighted by atomic mass is 35.5. The number of nitrogens with one attached hydrogen (secondary N) is 2. The zero-order valence-electron chi connectivity index (χ0n) is 16.3. The van der Waals surface area contributed by atoms with Crippen LogP contribution in [0, 0.1) is 0 Å². The summed E-state index contributed by atoms with van der Waals surface area (Å²) in [5, 5.41) is 6.01. The van der Waals surface area contributed by atoms with Gasteiger partial charge in [-0.1, -0.05) is 30.1 Å². The number of rotatable bonds is 8. The van der Waals surface area contributed by atoms with E-state index < -0.39 is 0 Å². The van der Waals surface area contributed by atoms with Gasteiger partial charge in [0.25, 0.3) is 0 Å². The summed E-state index contributed by atoms with van der Waals surface area (Å²) in [6, 6.07) is 8.23. The van der Waals surface area contributed by atoms with E-state index in [-0.39, 0.29) is 11.8 Å². The molecule has 8 heteroatoms. The van der Waals surface area contributed by atoms with Gasteiger partial charge in [-0.25, -0.2) is 0 Å². The van der Waals surface area contributed by atoms with Crippen molar-refractivity contribution in [1.82, 2.24) is 0 Å². The predicted octanol–water partition coefficient (Wildman–Crippen LogP) is 5.40. The molecular formula is C21H22Cl2N2O4. The summed E-state index contributed by atoms with van der Waals surface area (Å²) in [6.45, 7) is 3.92. The lowest BCUT2D eigenvalue weighted by Gasteiger charge is -2.12. The van der Waals surface area contributed by atoms with Crippen LogP contribution in [-0.4, -0.2) is 25.5 Å². The fourth-order valence-electron chi connectivity index (χ4n) is 2.42. The molecule has 2 aromatic carbocycles. The molecule has 0 radical (unpaired) electrons. The average molecular weight is 437 g/mol. The van der Waals surface area contributed by atoms with E-state index in [0.717, 1.165) is 6.42 Å². The van der Waals surface area contributed by atoms with Gasteiger partial charge >= 0.3 is 0 Å². The second-order valence-corrected chi connectivity index (χ2v) is 6.90. The third-order valence-corrected chi connectivity index (χ3v) is 4.27. The largest absolute Gasteiger partial charge is 0.493 e. The summed E-state index contributed by atoms with van der Waals surface area (Å²) >= 11 is 12.4. The van der Waals surface area contributed by atoms with Gasteiger partial charge in [0.2, 0.25) is 11.8 Å². The maximum absolute atomic E-state index is 12.2. The highest BCUT2D eigenvalue weighted by Gasteiger charge is 2.11. The molecule has 0 fully saturated rings. The number of carbonyl (C=O) groups is 2. The molecule has 0 heterocycles. The Kier molecular flexibility index (Phi) is 8.36. The Balaban J connectivity index is 2.10. The van der Waals surface area contributed by atoms with Crippen molar-refractivity contribution in [2.75, 3.05) is 24.4 Å². The van der Waals surface area contributed by atoms with Crippen molar-refractivity contribution in [1.29, 1.82) is 0 Å². The molecule has 0 bridgehead atoms. The van der Waals surface area contributed by atoms with Crippen LogP contribution in [0.2, 0.25) is 10.0 Å². The molecule has 0 unspecified atom stereocenters. The first-order valence-corrected chi connectivity index (χ1v) is 9.66. The summed E-state index contributed by atoms with van der Waals surface area (Å²) < 4.78 is 10.9. The van der Waals surface area contributed by atoms with E-state index in [1.165, 1.54) is 20.1 Å². The summed E-state index contributed by atoms with van der Waals surface area (Å²) in [5.41, 5.74) is 1.65. The molecule has 0 aliphatic heterocycles. The van der Waals surface area contributed by atoms with Gasteiger partial charge < -0.3 is 20.1 Å². The number of carbonyl (C=O) groups excluding carboxylic acids is 2. The summed E-state index contributed by atoms with van der Waals surface area (Å²) in [5.74, 6) is 0.382. The van der Waals surface area contributed by atoms with Crippen molar-refractivity contribution in [3.63, 3.8) is 0 Å². The molecule has 0 atom stereocenters. The molecule has 0 aliphatic carbocycles. The highest BCUT2D eigenvalue weighted by molar-refractivity contribution is 6.34. The Bertz CT molecular complexity index is 929. The van der Waals surface area contributed by atoms with Gasteiger partial charge in [-0.15, -0.1) is 0 Å². The third-order valence-electron chi connectivity index (χ3n) is 3.68. The maximum Gasteiger partial charge on any atom is 0.248 e. The van der Waals surface area contributed by atoms with Crippen LogP contribution in [-0.2, 0) is 9.59 Å². The number of methoxy groups -OCH3 is 1. The van der Waals surface area contributed by atoms with Crippen molar-refractivity contribution in [2.24, 2.45) is 0 Å². The summed E-state index contributed by atoms with van der Waals surface area (Å²) in [4.78, 5) is 23.3. The molecular weight excluding hydrogens is 415 g/mol. The van der Waals surface area contributed by atoms with E-state index in [1.54, 1.807) is 36.4 Å². The zero-order chi connectivity index (χ0) is 21.4. The SMILES string of the molecule is CCCOc1c(Cl)cc(/C=C/C(=O)Nc2ccc(NC(C)=O)cc2Cl)cc1OC. The molecule has 0 saturated heterocycles. The van der Waals surface area contributed by atoms with Crippen LogP contribution >= 0.6 is 23.2 Å². The van der Waals surface area contributed by atoms with E-state index in [9.17, 15) is 9.59 Å². The maximum atomic E-state index is 12.2. The van der Waals surface area contributed by atoms with Gasteiger partial charge in [-0.3, -0.25) is 9.59 Å². The summed E-state index contributed by atoms with van der Waals surface area (Å²) in [7, 11) is 1.53. The molecule has 0 saturated carbocycles. The standard InChI is InChI=1S/C21H22Cl2N2O4/c1-4-9-29-21-17(23)10-14(11-19(21)28-3)5-8-20(27)25-18-7-6-15(12-16(18)22)24-13(2)26/h5-8,10-12H,4,9H2,1-3H3,(H,24,26)(H,25,27)/b8-5+. The normalized spacial score (nSPS) is 10.7. The minimum Gasteiger partial charge on any atom is -0.493 e. The van der Waals surface area contributed by atoms with Crippen molar-refractivity contribution in [3.8, 4) is 11.5 Å². The van der Waals surface area contributed by atoms with E-state index in [4.69, 9.17) is 32.7 Å². The summed E-state index contributed by atoms with van der Waals surface area (Å²) in [6.07, 6.45) is 3.80. The average Bonchev–Trinajstić information content (AvgIpc) is 2.66. The molecule has 0 aromatic heterocycles. The first kappa shape index (κ1) is 22.6. The number of benzene rings is 2. The van der Waals surface area contributed by atoms with Crippen LogP contribution in [0.3, 0.4) is 0 Å². The molecule has 0 aliphatic rings. The molecule has 29 heavy (non-hydrogen) atoms. The van der Waals surface area contributed by atoms with Gasteiger partial charge in [-0.2, -0.15) is 0 Å². The minimum atomic E-state index is -0.374.